The predicted octanol–water partition coefficient (Wildman–Crippen LogP) is 2.70. The first-order valence-electron chi connectivity index (χ1n) is 11.1. The van der Waals surface area contributed by atoms with E-state index in [4.69, 9.17) is 11.6 Å². The van der Waals surface area contributed by atoms with Crippen molar-refractivity contribution in [3.05, 3.63) is 28.9 Å². The smallest absolute Gasteiger partial charge is 0.302 e. The molecule has 2 N–H and O–H groups in total. The van der Waals surface area contributed by atoms with Crippen molar-refractivity contribution < 1.29 is 18.1 Å². The number of fused-ring (bicyclic) bond motifs is 3. The van der Waals surface area contributed by atoms with Gasteiger partial charge in [0.2, 0.25) is 5.95 Å². The molecule has 3 atom stereocenters. The number of hydrogen-bond donors (Lipinski definition) is 2. The molecular formula is C21H23ClF2N6O2S. The molecule has 12 heteroatoms. The lowest BCUT2D eigenvalue weighted by Crippen LogP contribution is -2.55. The molecule has 7 rings (SSSR count). The Morgan fingerprint density at radius 2 is 1.91 bits per heavy atom. The minimum atomic E-state index is -3.28. The molecule has 5 heterocycles. The third kappa shape index (κ3) is 3.42. The molecule has 3 unspecified atom stereocenters. The van der Waals surface area contributed by atoms with E-state index >= 15 is 0 Å². The summed E-state index contributed by atoms with van der Waals surface area (Å²) >= 11 is 5.91. The molecule has 8 nitrogen and oxygen atoms in total. The molecule has 2 bridgehead atoms. The van der Waals surface area contributed by atoms with E-state index in [9.17, 15) is 18.1 Å². The SMILES string of the molecule is O=S1CC(F)(F)c2nc(N3CC4CC(C3)C4c3ncc(Cl)cn3)nc(NC3(CO)CCC3)c21. The largest absolute Gasteiger partial charge is 0.394 e. The molecule has 0 aromatic carbocycles. The second-order valence-corrected chi connectivity index (χ2v) is 11.4. The van der Waals surface area contributed by atoms with Gasteiger partial charge in [-0.3, -0.25) is 4.21 Å². The molecule has 0 amide bonds. The van der Waals surface area contributed by atoms with Crippen molar-refractivity contribution in [1.82, 2.24) is 19.9 Å². The highest BCUT2D eigenvalue weighted by Gasteiger charge is 2.52. The Morgan fingerprint density at radius 1 is 1.21 bits per heavy atom. The summed E-state index contributed by atoms with van der Waals surface area (Å²) in [6.07, 6.45) is 6.54. The molecule has 2 aromatic heterocycles. The molecule has 3 aliphatic heterocycles. The predicted molar refractivity (Wildman–Crippen MR) is 118 cm³/mol. The van der Waals surface area contributed by atoms with Crippen LogP contribution in [0.25, 0.3) is 0 Å². The van der Waals surface area contributed by atoms with Crippen molar-refractivity contribution in [3.8, 4) is 0 Å². The van der Waals surface area contributed by atoms with Crippen LogP contribution < -0.4 is 10.2 Å². The van der Waals surface area contributed by atoms with Crippen LogP contribution >= 0.6 is 11.6 Å². The Bertz CT molecular complexity index is 1110. The molecule has 2 aliphatic carbocycles. The van der Waals surface area contributed by atoms with E-state index in [0.29, 0.717) is 31.0 Å². The number of hydrogen-bond acceptors (Lipinski definition) is 8. The summed E-state index contributed by atoms with van der Waals surface area (Å²) in [5, 5.41) is 13.5. The van der Waals surface area contributed by atoms with Gasteiger partial charge in [-0.25, -0.2) is 15.0 Å². The summed E-state index contributed by atoms with van der Waals surface area (Å²) in [5.41, 5.74) is -1.07. The average Bonchev–Trinajstić information content (AvgIpc) is 3.00. The summed E-state index contributed by atoms with van der Waals surface area (Å²) in [6.45, 7) is 1.07. The topological polar surface area (TPSA) is 104 Å². The molecule has 5 aliphatic rings. The molecule has 33 heavy (non-hydrogen) atoms. The number of aliphatic hydroxyl groups is 1. The third-order valence-corrected chi connectivity index (χ3v) is 9.15. The average molecular weight is 497 g/mol. The highest BCUT2D eigenvalue weighted by molar-refractivity contribution is 7.85. The van der Waals surface area contributed by atoms with Crippen molar-refractivity contribution in [2.75, 3.05) is 35.7 Å². The lowest BCUT2D eigenvalue weighted by atomic mass is 9.61. The number of aromatic nitrogens is 4. The fourth-order valence-electron chi connectivity index (χ4n) is 5.58. The van der Waals surface area contributed by atoms with Crippen molar-refractivity contribution in [2.24, 2.45) is 11.8 Å². The maximum absolute atomic E-state index is 14.7. The highest BCUT2D eigenvalue weighted by Crippen LogP contribution is 2.52. The van der Waals surface area contributed by atoms with E-state index < -0.39 is 33.7 Å². The number of nitrogens with one attached hydrogen (secondary N) is 1. The van der Waals surface area contributed by atoms with E-state index in [1.165, 1.54) is 0 Å². The van der Waals surface area contributed by atoms with Gasteiger partial charge in [0.25, 0.3) is 0 Å². The van der Waals surface area contributed by atoms with Crippen LogP contribution in [0.15, 0.2) is 17.3 Å². The van der Waals surface area contributed by atoms with Crippen LogP contribution in [0.5, 0.6) is 0 Å². The summed E-state index contributed by atoms with van der Waals surface area (Å²) in [7, 11) is -1.90. The van der Waals surface area contributed by atoms with Gasteiger partial charge in [0.05, 0.1) is 33.7 Å². The first-order chi connectivity index (χ1) is 15.8. The maximum atomic E-state index is 14.7. The van der Waals surface area contributed by atoms with Gasteiger partial charge >= 0.3 is 5.92 Å². The monoisotopic (exact) mass is 496 g/mol. The van der Waals surface area contributed by atoms with Gasteiger partial charge in [0.15, 0.2) is 0 Å². The maximum Gasteiger partial charge on any atom is 0.302 e. The van der Waals surface area contributed by atoms with Crippen molar-refractivity contribution >= 4 is 34.2 Å². The molecule has 2 aromatic rings. The summed E-state index contributed by atoms with van der Waals surface area (Å²) < 4.78 is 42.0. The third-order valence-electron chi connectivity index (χ3n) is 7.49. The molecule has 2 saturated heterocycles. The quantitative estimate of drug-likeness (QED) is 0.651. The van der Waals surface area contributed by atoms with E-state index in [-0.39, 0.29) is 41.0 Å². The highest BCUT2D eigenvalue weighted by atomic mass is 35.5. The van der Waals surface area contributed by atoms with Crippen LogP contribution in [0.4, 0.5) is 20.5 Å². The standard InChI is InChI=1S/C21H23ClF2N6O2S/c22-13-5-25-17(26-6-13)14-11-4-12(14)8-30(7-11)19-27-16-15(33(32)10-21(16,23)24)18(28-19)29-20(9-31)2-1-3-20/h5-6,11-12,14,31H,1-4,7-10H2,(H,27,28,29). The van der Waals surface area contributed by atoms with E-state index in [2.05, 4.69) is 25.3 Å². The minimum absolute atomic E-state index is 0.0296. The first-order valence-corrected chi connectivity index (χ1v) is 12.8. The van der Waals surface area contributed by atoms with Crippen LogP contribution in [-0.4, -0.2) is 60.2 Å². The molecule has 0 radical (unpaired) electrons. The van der Waals surface area contributed by atoms with Gasteiger partial charge in [-0.1, -0.05) is 11.6 Å². The summed E-state index contributed by atoms with van der Waals surface area (Å²) in [4.78, 5) is 19.5. The molecule has 2 saturated carbocycles. The Hall–Kier alpha value is -1.98. The van der Waals surface area contributed by atoms with E-state index in [1.807, 2.05) is 4.90 Å². The Balaban J connectivity index is 1.32. The van der Waals surface area contributed by atoms with Crippen molar-refractivity contribution in [3.63, 3.8) is 0 Å². The number of rotatable bonds is 5. The van der Waals surface area contributed by atoms with Gasteiger partial charge in [-0.05, 0) is 37.5 Å². The number of alkyl halides is 2. The van der Waals surface area contributed by atoms with Gasteiger partial charge in [0, 0.05) is 31.4 Å². The Labute approximate surface area is 196 Å². The molecular weight excluding hydrogens is 474 g/mol. The number of piperidine rings is 2. The number of nitrogens with zero attached hydrogens (tertiary/aromatic N) is 5. The summed E-state index contributed by atoms with van der Waals surface area (Å²) in [6, 6.07) is 0. The lowest BCUT2D eigenvalue weighted by molar-refractivity contribution is 0.0190. The fraction of sp³-hybridized carbons (Fsp3) is 0.619. The van der Waals surface area contributed by atoms with Crippen LogP contribution in [0.3, 0.4) is 0 Å². The second kappa shape index (κ2) is 7.51. The molecule has 0 spiro atoms. The van der Waals surface area contributed by atoms with Crippen LogP contribution in [-0.2, 0) is 16.7 Å². The second-order valence-electron chi connectivity index (χ2n) is 9.61. The Morgan fingerprint density at radius 3 is 2.52 bits per heavy atom. The number of halogens is 3. The normalized spacial score (nSPS) is 30.8. The van der Waals surface area contributed by atoms with E-state index in [0.717, 1.165) is 18.7 Å². The number of aliphatic hydroxyl groups excluding tert-OH is 1. The number of anilines is 2. The Kier molecular flexibility index (Phi) is 4.90. The zero-order chi connectivity index (χ0) is 23.0. The van der Waals surface area contributed by atoms with Crippen molar-refractivity contribution in [1.29, 1.82) is 0 Å². The van der Waals surface area contributed by atoms with E-state index in [1.54, 1.807) is 12.4 Å². The fourth-order valence-corrected chi connectivity index (χ4v) is 7.01. The van der Waals surface area contributed by atoms with Gasteiger partial charge in [-0.15, -0.1) is 0 Å². The summed E-state index contributed by atoms with van der Waals surface area (Å²) in [5.74, 6) is -2.20. The first kappa shape index (κ1) is 21.5. The van der Waals surface area contributed by atoms with Crippen molar-refractivity contribution in [2.45, 2.75) is 48.0 Å². The molecule has 176 valence electrons. The van der Waals surface area contributed by atoms with Gasteiger partial charge < -0.3 is 15.3 Å². The van der Waals surface area contributed by atoms with Crippen LogP contribution in [0.1, 0.15) is 43.1 Å². The van der Waals surface area contributed by atoms with Crippen LogP contribution in [0, 0.1) is 11.8 Å². The zero-order valence-corrected chi connectivity index (χ0v) is 19.2. The molecule has 4 fully saturated rings. The van der Waals surface area contributed by atoms with Crippen LogP contribution in [0.2, 0.25) is 5.02 Å². The minimum Gasteiger partial charge on any atom is -0.394 e. The lowest BCUT2D eigenvalue weighted by Gasteiger charge is -2.52. The van der Waals surface area contributed by atoms with Gasteiger partial charge in [0.1, 0.15) is 22.2 Å². The zero-order valence-electron chi connectivity index (χ0n) is 17.7. The van der Waals surface area contributed by atoms with Gasteiger partial charge in [-0.2, -0.15) is 13.8 Å².